The Balaban J connectivity index is 2.04. The van der Waals surface area contributed by atoms with E-state index in [1.807, 2.05) is 0 Å². The fourth-order valence-corrected chi connectivity index (χ4v) is 2.47. The summed E-state index contributed by atoms with van der Waals surface area (Å²) in [6.07, 6.45) is 1.65. The van der Waals surface area contributed by atoms with E-state index in [1.165, 1.54) is 19.2 Å². The number of nitrogens with zero attached hydrogens (tertiary/aromatic N) is 2. The van der Waals surface area contributed by atoms with E-state index in [0.29, 0.717) is 33.2 Å². The molecule has 0 amide bonds. The fraction of sp³-hybridized carbons (Fsp3) is 0.0588. The smallest absolute Gasteiger partial charge is 0.149 e. The van der Waals surface area contributed by atoms with E-state index in [9.17, 15) is 9.65 Å². The van der Waals surface area contributed by atoms with Gasteiger partial charge >= 0.3 is 0 Å². The highest BCUT2D eigenvalue weighted by Crippen LogP contribution is 2.27. The standard InChI is InChI=1S/C17H11ClFN3O/c1-23-16-5-2-10(7-13(16)18)6-11(9-20)17-21-14-4-3-12(19)8-15(14)22-17/h2-8H,1H3,(H,21,22)/b11-6-. The molecule has 6 heteroatoms. The Labute approximate surface area is 136 Å². The van der Waals surface area contributed by atoms with Crippen molar-refractivity contribution in [2.24, 2.45) is 0 Å². The predicted octanol–water partition coefficient (Wildman–Crippen LogP) is 4.43. The second kappa shape index (κ2) is 6.11. The summed E-state index contributed by atoms with van der Waals surface area (Å²) < 4.78 is 18.3. The molecule has 1 N–H and O–H groups in total. The summed E-state index contributed by atoms with van der Waals surface area (Å²) in [5.74, 6) is 0.568. The molecule has 0 saturated carbocycles. The minimum atomic E-state index is -0.364. The Hall–Kier alpha value is -2.84. The lowest BCUT2D eigenvalue weighted by Crippen LogP contribution is -1.87. The van der Waals surface area contributed by atoms with Gasteiger partial charge in [0.2, 0.25) is 0 Å². The third-order valence-electron chi connectivity index (χ3n) is 3.31. The van der Waals surface area contributed by atoms with E-state index in [4.69, 9.17) is 16.3 Å². The van der Waals surface area contributed by atoms with Crippen LogP contribution in [0.15, 0.2) is 36.4 Å². The second-order valence-corrected chi connectivity index (χ2v) is 5.22. The second-order valence-electron chi connectivity index (χ2n) is 4.81. The number of benzene rings is 2. The minimum Gasteiger partial charge on any atom is -0.495 e. The van der Waals surface area contributed by atoms with Gasteiger partial charge in [-0.1, -0.05) is 17.7 Å². The molecule has 4 nitrogen and oxygen atoms in total. The molecule has 2 aromatic carbocycles. The molecular formula is C17H11ClFN3O. The molecule has 3 rings (SSSR count). The summed E-state index contributed by atoms with van der Waals surface area (Å²) in [7, 11) is 1.53. The van der Waals surface area contributed by atoms with E-state index in [0.717, 1.165) is 5.56 Å². The number of halogens is 2. The van der Waals surface area contributed by atoms with Crippen molar-refractivity contribution in [3.63, 3.8) is 0 Å². The highest BCUT2D eigenvalue weighted by molar-refractivity contribution is 6.32. The van der Waals surface area contributed by atoms with Gasteiger partial charge in [-0.15, -0.1) is 0 Å². The number of aromatic amines is 1. The number of rotatable bonds is 3. The van der Waals surface area contributed by atoms with Gasteiger partial charge in [-0.05, 0) is 42.0 Å². The van der Waals surface area contributed by atoms with Crippen molar-refractivity contribution in [2.75, 3.05) is 7.11 Å². The van der Waals surface area contributed by atoms with Crippen LogP contribution in [0.5, 0.6) is 5.75 Å². The van der Waals surface area contributed by atoms with Crippen LogP contribution < -0.4 is 4.74 Å². The lowest BCUT2D eigenvalue weighted by molar-refractivity contribution is 0.415. The van der Waals surface area contributed by atoms with Crippen molar-refractivity contribution in [3.8, 4) is 11.8 Å². The molecule has 1 heterocycles. The van der Waals surface area contributed by atoms with Crippen LogP contribution in [0.1, 0.15) is 11.4 Å². The van der Waals surface area contributed by atoms with Crippen molar-refractivity contribution < 1.29 is 9.13 Å². The molecule has 0 aliphatic heterocycles. The van der Waals surface area contributed by atoms with Gasteiger partial charge in [0.25, 0.3) is 0 Å². The quantitative estimate of drug-likeness (QED) is 0.724. The third-order valence-corrected chi connectivity index (χ3v) is 3.60. The zero-order valence-electron chi connectivity index (χ0n) is 12.1. The van der Waals surface area contributed by atoms with Crippen LogP contribution in [-0.4, -0.2) is 17.1 Å². The van der Waals surface area contributed by atoms with Crippen LogP contribution in [0.2, 0.25) is 5.02 Å². The van der Waals surface area contributed by atoms with Gasteiger partial charge in [0.15, 0.2) is 0 Å². The Bertz CT molecular complexity index is 956. The number of hydrogen-bond acceptors (Lipinski definition) is 3. The summed E-state index contributed by atoms with van der Waals surface area (Å²) in [5.41, 5.74) is 2.19. The molecule has 0 aliphatic carbocycles. The molecule has 0 saturated heterocycles. The summed E-state index contributed by atoms with van der Waals surface area (Å²) >= 11 is 6.08. The first-order chi connectivity index (χ1) is 11.1. The maximum Gasteiger partial charge on any atom is 0.149 e. The molecule has 0 aliphatic rings. The molecule has 0 bridgehead atoms. The summed E-state index contributed by atoms with van der Waals surface area (Å²) in [6, 6.07) is 11.5. The van der Waals surface area contributed by atoms with E-state index in [-0.39, 0.29) is 5.82 Å². The first-order valence-electron chi connectivity index (χ1n) is 6.71. The van der Waals surface area contributed by atoms with Crippen LogP contribution in [0, 0.1) is 17.1 Å². The minimum absolute atomic E-state index is 0.322. The number of aromatic nitrogens is 2. The third kappa shape index (κ3) is 3.03. The summed E-state index contributed by atoms with van der Waals surface area (Å²) in [6.45, 7) is 0. The molecule has 0 unspecified atom stereocenters. The van der Waals surface area contributed by atoms with Gasteiger partial charge in [-0.3, -0.25) is 0 Å². The van der Waals surface area contributed by atoms with Crippen molar-refractivity contribution in [2.45, 2.75) is 0 Å². The number of allylic oxidation sites excluding steroid dienone is 1. The fourth-order valence-electron chi connectivity index (χ4n) is 2.20. The number of fused-ring (bicyclic) bond motifs is 1. The van der Waals surface area contributed by atoms with Gasteiger partial charge in [-0.2, -0.15) is 5.26 Å². The van der Waals surface area contributed by atoms with Crippen LogP contribution in [0.3, 0.4) is 0 Å². The zero-order valence-corrected chi connectivity index (χ0v) is 12.9. The molecule has 0 spiro atoms. The predicted molar refractivity (Wildman–Crippen MR) is 87.5 cm³/mol. The highest BCUT2D eigenvalue weighted by atomic mass is 35.5. The van der Waals surface area contributed by atoms with Crippen molar-refractivity contribution in [1.29, 1.82) is 5.26 Å². The van der Waals surface area contributed by atoms with Gasteiger partial charge in [0.1, 0.15) is 23.5 Å². The molecule has 3 aromatic rings. The van der Waals surface area contributed by atoms with E-state index >= 15 is 0 Å². The Kier molecular flexibility index (Phi) is 4.00. The Morgan fingerprint density at radius 2 is 2.17 bits per heavy atom. The van der Waals surface area contributed by atoms with E-state index < -0.39 is 0 Å². The molecule has 0 fully saturated rings. The molecule has 23 heavy (non-hydrogen) atoms. The van der Waals surface area contributed by atoms with Gasteiger partial charge < -0.3 is 9.72 Å². The lowest BCUT2D eigenvalue weighted by atomic mass is 10.1. The molecule has 1 aromatic heterocycles. The first kappa shape index (κ1) is 15.1. The largest absolute Gasteiger partial charge is 0.495 e. The van der Waals surface area contributed by atoms with Gasteiger partial charge in [0.05, 0.1) is 28.7 Å². The topological polar surface area (TPSA) is 61.7 Å². The van der Waals surface area contributed by atoms with Crippen LogP contribution in [-0.2, 0) is 0 Å². The van der Waals surface area contributed by atoms with Crippen molar-refractivity contribution in [3.05, 3.63) is 58.6 Å². The lowest BCUT2D eigenvalue weighted by Gasteiger charge is -2.03. The number of methoxy groups -OCH3 is 1. The normalized spacial score (nSPS) is 11.5. The number of nitriles is 1. The number of nitrogens with one attached hydrogen (secondary N) is 1. The van der Waals surface area contributed by atoms with Crippen LogP contribution >= 0.6 is 11.6 Å². The molecular weight excluding hydrogens is 317 g/mol. The molecule has 114 valence electrons. The van der Waals surface area contributed by atoms with Crippen molar-refractivity contribution >= 4 is 34.3 Å². The maximum atomic E-state index is 13.2. The number of H-pyrrole nitrogens is 1. The van der Waals surface area contributed by atoms with Gasteiger partial charge in [-0.25, -0.2) is 9.37 Å². The first-order valence-corrected chi connectivity index (χ1v) is 7.09. The summed E-state index contributed by atoms with van der Waals surface area (Å²) in [5, 5.41) is 9.83. The van der Waals surface area contributed by atoms with Crippen LogP contribution in [0.4, 0.5) is 4.39 Å². The van der Waals surface area contributed by atoms with Gasteiger partial charge in [0, 0.05) is 0 Å². The summed E-state index contributed by atoms with van der Waals surface area (Å²) in [4.78, 5) is 7.25. The zero-order chi connectivity index (χ0) is 16.4. The van der Waals surface area contributed by atoms with E-state index in [1.54, 1.807) is 30.3 Å². The monoisotopic (exact) mass is 327 g/mol. The number of imidazole rings is 1. The Morgan fingerprint density at radius 1 is 1.35 bits per heavy atom. The van der Waals surface area contributed by atoms with Crippen molar-refractivity contribution in [1.82, 2.24) is 9.97 Å². The average molecular weight is 328 g/mol. The number of hydrogen-bond donors (Lipinski definition) is 1. The Morgan fingerprint density at radius 3 is 2.87 bits per heavy atom. The number of ether oxygens (including phenoxy) is 1. The highest BCUT2D eigenvalue weighted by Gasteiger charge is 2.09. The SMILES string of the molecule is COc1ccc(/C=C(/C#N)c2nc3ccc(F)cc3[nH]2)cc1Cl. The molecule has 0 radical (unpaired) electrons. The maximum absolute atomic E-state index is 13.2. The average Bonchev–Trinajstić information content (AvgIpc) is 2.95. The van der Waals surface area contributed by atoms with E-state index in [2.05, 4.69) is 16.0 Å². The molecule has 0 atom stereocenters. The van der Waals surface area contributed by atoms with Crippen LogP contribution in [0.25, 0.3) is 22.7 Å².